The highest BCUT2D eigenvalue weighted by atomic mass is 79.9. The number of hydrogen-bond acceptors (Lipinski definition) is 7. The van der Waals surface area contributed by atoms with Gasteiger partial charge in [-0.05, 0) is 106 Å². The van der Waals surface area contributed by atoms with Gasteiger partial charge >= 0.3 is 0 Å². The van der Waals surface area contributed by atoms with Crippen LogP contribution in [0.15, 0.2) is 63.4 Å². The Hall–Kier alpha value is -2.56. The summed E-state index contributed by atoms with van der Waals surface area (Å²) in [5, 5.41) is 29.9. The summed E-state index contributed by atoms with van der Waals surface area (Å²) in [6.07, 6.45) is 12.5. The van der Waals surface area contributed by atoms with Crippen molar-refractivity contribution < 1.29 is 10.2 Å². The van der Waals surface area contributed by atoms with Crippen molar-refractivity contribution in [1.29, 1.82) is 0 Å². The molecule has 0 saturated carbocycles. The van der Waals surface area contributed by atoms with Gasteiger partial charge in [-0.2, -0.15) is 0 Å². The summed E-state index contributed by atoms with van der Waals surface area (Å²) in [6.45, 7) is 1.62. The molecule has 8 nitrogen and oxygen atoms in total. The molecule has 0 bridgehead atoms. The Morgan fingerprint density at radius 1 is 0.778 bits per heavy atom. The van der Waals surface area contributed by atoms with Gasteiger partial charge in [0.2, 0.25) is 0 Å². The molecule has 0 unspecified atom stereocenters. The number of nitrogens with zero attached hydrogens (tertiary/aromatic N) is 4. The fraction of sp³-hybridized carbons (Fsp3) is 0.385. The molecule has 0 radical (unpaired) electrons. The van der Waals surface area contributed by atoms with Crippen LogP contribution in [0.25, 0.3) is 0 Å². The van der Waals surface area contributed by atoms with E-state index >= 15 is 0 Å². The molecule has 0 atom stereocenters. The van der Waals surface area contributed by atoms with Gasteiger partial charge in [0.05, 0.1) is 14.6 Å². The molecule has 192 valence electrons. The van der Waals surface area contributed by atoms with Crippen LogP contribution in [0.5, 0.6) is 11.5 Å². The van der Waals surface area contributed by atoms with Crippen molar-refractivity contribution in [1.82, 2.24) is 31.0 Å². The molecule has 0 aliphatic carbocycles. The number of phenolic OH excluding ortho intramolecular Hbond substituents is 2. The number of rotatable bonds is 13. The molecular formula is C26H32Br2N6O2. The second-order valence-corrected chi connectivity index (χ2v) is 10.8. The quantitative estimate of drug-likeness (QED) is 0.191. The summed E-state index contributed by atoms with van der Waals surface area (Å²) in [6, 6.07) is 11.2. The average Bonchev–Trinajstić information content (AvgIpc) is 3.52. The smallest absolute Gasteiger partial charge is 0.129 e. The zero-order valence-corrected chi connectivity index (χ0v) is 23.3. The summed E-state index contributed by atoms with van der Waals surface area (Å²) in [5.41, 5.74) is 11.0. The van der Waals surface area contributed by atoms with E-state index in [1.807, 2.05) is 35.1 Å². The molecule has 4 N–H and O–H groups in total. The minimum atomic E-state index is 0.257. The van der Waals surface area contributed by atoms with Crippen molar-refractivity contribution in [2.45, 2.75) is 57.9 Å². The maximum atomic E-state index is 9.62. The first-order valence-electron chi connectivity index (χ1n) is 12.3. The first-order valence-corrected chi connectivity index (χ1v) is 13.9. The molecule has 0 saturated heterocycles. The molecule has 2 heterocycles. The Morgan fingerprint density at radius 3 is 2.08 bits per heavy atom. The Bertz CT molecular complexity index is 1180. The number of aromatic hydroxyl groups is 2. The number of aryl methyl sites for hydroxylation is 3. The van der Waals surface area contributed by atoms with Crippen molar-refractivity contribution in [3.63, 3.8) is 0 Å². The molecule has 3 aromatic rings. The van der Waals surface area contributed by atoms with Crippen LogP contribution in [0.4, 0.5) is 0 Å². The number of phenols is 2. The number of benzene rings is 2. The lowest BCUT2D eigenvalue weighted by Gasteiger charge is -2.15. The van der Waals surface area contributed by atoms with E-state index in [0.717, 1.165) is 67.3 Å². The second kappa shape index (κ2) is 13.1. The zero-order chi connectivity index (χ0) is 25.3. The standard InChI is InChI=1S/C26H32Br2N6O2/c27-23-15-19(7-9-25(23)35)11-13-33-17-21(29-31-33)5-3-1-2-4-6-22-18-34(32-30-22)14-12-20-8-10-26(36)24(28)16-20/h7-10,15-18,29,31,35-36H,1-6,11-14H2. The van der Waals surface area contributed by atoms with Gasteiger partial charge in [-0.1, -0.05) is 30.2 Å². The Labute approximate surface area is 228 Å². The van der Waals surface area contributed by atoms with Crippen molar-refractivity contribution in [3.05, 3.63) is 80.3 Å². The number of halogens is 2. The first-order chi connectivity index (χ1) is 17.5. The van der Waals surface area contributed by atoms with E-state index in [2.05, 4.69) is 64.3 Å². The summed E-state index contributed by atoms with van der Waals surface area (Å²) in [7, 11) is 0. The van der Waals surface area contributed by atoms with E-state index in [0.29, 0.717) is 4.47 Å². The van der Waals surface area contributed by atoms with Crippen molar-refractivity contribution in [3.8, 4) is 11.5 Å². The van der Waals surface area contributed by atoms with Crippen LogP contribution in [-0.4, -0.2) is 36.8 Å². The highest BCUT2D eigenvalue weighted by molar-refractivity contribution is 9.10. The number of allylic oxidation sites excluding steroid dienone is 1. The van der Waals surface area contributed by atoms with E-state index in [1.165, 1.54) is 24.1 Å². The molecule has 0 spiro atoms. The van der Waals surface area contributed by atoms with Gasteiger partial charge in [0.1, 0.15) is 11.5 Å². The van der Waals surface area contributed by atoms with E-state index in [4.69, 9.17) is 0 Å². The van der Waals surface area contributed by atoms with Crippen LogP contribution in [0.2, 0.25) is 0 Å². The Morgan fingerprint density at radius 2 is 1.42 bits per heavy atom. The van der Waals surface area contributed by atoms with Gasteiger partial charge in [-0.15, -0.1) is 10.6 Å². The zero-order valence-electron chi connectivity index (χ0n) is 20.1. The van der Waals surface area contributed by atoms with Crippen LogP contribution >= 0.6 is 31.9 Å². The Balaban J connectivity index is 1.07. The molecule has 0 fully saturated rings. The third kappa shape index (κ3) is 7.97. The lowest BCUT2D eigenvalue weighted by atomic mass is 10.1. The first kappa shape index (κ1) is 26.5. The van der Waals surface area contributed by atoms with Crippen molar-refractivity contribution in [2.75, 3.05) is 6.54 Å². The molecule has 4 rings (SSSR count). The summed E-state index contributed by atoms with van der Waals surface area (Å²) in [5.74, 6) is 0.524. The lowest BCUT2D eigenvalue weighted by Crippen LogP contribution is -2.37. The third-order valence-electron chi connectivity index (χ3n) is 6.18. The molecular weight excluding hydrogens is 588 g/mol. The fourth-order valence-corrected chi connectivity index (χ4v) is 4.94. The summed E-state index contributed by atoms with van der Waals surface area (Å²) >= 11 is 6.73. The van der Waals surface area contributed by atoms with E-state index < -0.39 is 0 Å². The maximum absolute atomic E-state index is 9.62. The molecule has 36 heavy (non-hydrogen) atoms. The molecule has 10 heteroatoms. The number of aromatic nitrogens is 3. The fourth-order valence-electron chi connectivity index (χ4n) is 4.09. The Kier molecular flexibility index (Phi) is 9.66. The summed E-state index contributed by atoms with van der Waals surface area (Å²) in [4.78, 5) is 0. The monoisotopic (exact) mass is 618 g/mol. The van der Waals surface area contributed by atoms with Gasteiger partial charge < -0.3 is 15.6 Å². The van der Waals surface area contributed by atoms with Crippen LogP contribution in [0.3, 0.4) is 0 Å². The normalized spacial score (nSPS) is 13.2. The van der Waals surface area contributed by atoms with Crippen molar-refractivity contribution in [2.24, 2.45) is 0 Å². The van der Waals surface area contributed by atoms with Crippen LogP contribution in [0.1, 0.15) is 48.9 Å². The largest absolute Gasteiger partial charge is 0.507 e. The molecule has 0 amide bonds. The summed E-state index contributed by atoms with van der Waals surface area (Å²) < 4.78 is 3.34. The highest BCUT2D eigenvalue weighted by Crippen LogP contribution is 2.25. The third-order valence-corrected chi connectivity index (χ3v) is 7.45. The number of nitrogens with one attached hydrogen (secondary N) is 2. The van der Waals surface area contributed by atoms with Crippen LogP contribution in [-0.2, 0) is 25.8 Å². The maximum Gasteiger partial charge on any atom is 0.129 e. The molecule has 2 aromatic carbocycles. The highest BCUT2D eigenvalue weighted by Gasteiger charge is 2.11. The van der Waals surface area contributed by atoms with Gasteiger partial charge in [-0.25, -0.2) is 0 Å². The number of hydrogen-bond donors (Lipinski definition) is 4. The van der Waals surface area contributed by atoms with Gasteiger partial charge in [0.15, 0.2) is 0 Å². The average molecular weight is 620 g/mol. The van der Waals surface area contributed by atoms with Gasteiger partial charge in [-0.3, -0.25) is 9.69 Å². The predicted octanol–water partition coefficient (Wildman–Crippen LogP) is 5.36. The lowest BCUT2D eigenvalue weighted by molar-refractivity contribution is 0.273. The van der Waals surface area contributed by atoms with Gasteiger partial charge in [0, 0.05) is 31.2 Å². The van der Waals surface area contributed by atoms with Crippen LogP contribution < -0.4 is 11.0 Å². The van der Waals surface area contributed by atoms with Gasteiger partial charge in [0.25, 0.3) is 0 Å². The van der Waals surface area contributed by atoms with Crippen molar-refractivity contribution >= 4 is 31.9 Å². The number of hydrazine groups is 2. The second-order valence-electron chi connectivity index (χ2n) is 9.04. The van der Waals surface area contributed by atoms with Crippen LogP contribution in [0, 0.1) is 0 Å². The predicted molar refractivity (Wildman–Crippen MR) is 147 cm³/mol. The minimum Gasteiger partial charge on any atom is -0.507 e. The molecule has 1 aliphatic heterocycles. The molecule has 1 aliphatic rings. The SMILES string of the molecule is Oc1ccc(CCN2C=C(CCCCCCc3cn(CCc4ccc(O)c(Br)c4)nn3)NN2)cc1Br. The van der Waals surface area contributed by atoms with E-state index in [1.54, 1.807) is 12.1 Å². The van der Waals surface area contributed by atoms with E-state index in [9.17, 15) is 10.2 Å². The molecule has 1 aromatic heterocycles. The van der Waals surface area contributed by atoms with E-state index in [-0.39, 0.29) is 11.5 Å². The topological polar surface area (TPSA) is 98.5 Å². The minimum absolute atomic E-state index is 0.257. The number of unbranched alkanes of at least 4 members (excludes halogenated alkanes) is 3.